The van der Waals surface area contributed by atoms with Gasteiger partial charge in [-0.05, 0) is 59.9 Å². The third-order valence-corrected chi connectivity index (χ3v) is 5.35. The van der Waals surface area contributed by atoms with E-state index in [-0.39, 0.29) is 23.2 Å². The van der Waals surface area contributed by atoms with Crippen molar-refractivity contribution in [3.05, 3.63) is 93.7 Å². The molecule has 3 aromatic carbocycles. The molecule has 162 valence electrons. The van der Waals surface area contributed by atoms with Gasteiger partial charge in [-0.3, -0.25) is 10.1 Å². The Labute approximate surface area is 188 Å². The van der Waals surface area contributed by atoms with Gasteiger partial charge in [0.25, 0.3) is 0 Å². The zero-order valence-electron chi connectivity index (χ0n) is 16.7. The highest BCUT2D eigenvalue weighted by atomic mass is 35.5. The molecule has 32 heavy (non-hydrogen) atoms. The molecule has 0 aliphatic carbocycles. The number of nitrogens with zero attached hydrogens (tertiary/aromatic N) is 1. The number of nitro groups is 1. The molecule has 0 saturated heterocycles. The lowest BCUT2D eigenvalue weighted by molar-refractivity contribution is -0.383. The van der Waals surface area contributed by atoms with E-state index in [9.17, 15) is 20.0 Å². The Balaban J connectivity index is 1.44. The second-order valence-electron chi connectivity index (χ2n) is 7.22. The Morgan fingerprint density at radius 2 is 1.72 bits per heavy atom. The van der Waals surface area contributed by atoms with Crippen molar-refractivity contribution < 1.29 is 24.0 Å². The van der Waals surface area contributed by atoms with E-state index >= 15 is 0 Å². The molecule has 4 aromatic rings. The summed E-state index contributed by atoms with van der Waals surface area (Å²) in [6, 6.07) is 19.9. The highest BCUT2D eigenvalue weighted by Crippen LogP contribution is 2.31. The average Bonchev–Trinajstić information content (AvgIpc) is 3.21. The largest absolute Gasteiger partial charge is 0.479 e. The fourth-order valence-electron chi connectivity index (χ4n) is 3.41. The zero-order chi connectivity index (χ0) is 22.7. The number of halogens is 1. The van der Waals surface area contributed by atoms with E-state index in [0.717, 1.165) is 23.0 Å². The second kappa shape index (κ2) is 9.11. The molecule has 1 aromatic heterocycles. The van der Waals surface area contributed by atoms with Crippen molar-refractivity contribution in [1.82, 2.24) is 0 Å². The molecule has 0 aliphatic rings. The number of rotatable bonds is 8. The maximum atomic E-state index is 11.7. The molecule has 0 aliphatic heterocycles. The van der Waals surface area contributed by atoms with Gasteiger partial charge in [0.15, 0.2) is 12.4 Å². The molecule has 1 N–H and O–H groups in total. The number of carboxylic acid groups (broad SMARTS) is 1. The Morgan fingerprint density at radius 1 is 1.06 bits per heavy atom. The minimum absolute atomic E-state index is 0.196. The summed E-state index contributed by atoms with van der Waals surface area (Å²) < 4.78 is 10.8. The van der Waals surface area contributed by atoms with Gasteiger partial charge < -0.3 is 14.3 Å². The number of benzene rings is 3. The maximum Gasteiger partial charge on any atom is 0.344 e. The van der Waals surface area contributed by atoms with Crippen LogP contribution < -0.4 is 4.74 Å². The lowest BCUT2D eigenvalue weighted by atomic mass is 10.0. The molecule has 0 amide bonds. The molecule has 8 heteroatoms. The number of aryl methyl sites for hydroxylation is 1. The smallest absolute Gasteiger partial charge is 0.344 e. The first-order valence-corrected chi connectivity index (χ1v) is 10.2. The number of ether oxygens (including phenoxy) is 1. The Bertz CT molecular complexity index is 1260. The summed E-state index contributed by atoms with van der Waals surface area (Å²) in [6.07, 6.45) is 0.679. The normalized spacial score (nSPS) is 11.9. The molecule has 0 saturated carbocycles. The summed E-state index contributed by atoms with van der Waals surface area (Å²) in [5.41, 5.74) is 3.18. The first kappa shape index (κ1) is 21.4. The van der Waals surface area contributed by atoms with E-state index < -0.39 is 17.0 Å². The van der Waals surface area contributed by atoms with Crippen LogP contribution in [0.25, 0.3) is 22.1 Å². The summed E-state index contributed by atoms with van der Waals surface area (Å²) >= 11 is 5.93. The minimum Gasteiger partial charge on any atom is -0.479 e. The highest BCUT2D eigenvalue weighted by Gasteiger charge is 2.22. The number of fused-ring (bicyclic) bond motifs is 1. The van der Waals surface area contributed by atoms with Crippen LogP contribution in [0, 0.1) is 10.1 Å². The first-order chi connectivity index (χ1) is 15.4. The molecule has 7 nitrogen and oxygen atoms in total. The van der Waals surface area contributed by atoms with Crippen LogP contribution in [0.15, 0.2) is 77.4 Å². The minimum atomic E-state index is -1.11. The van der Waals surface area contributed by atoms with Gasteiger partial charge in [0.05, 0.1) is 4.92 Å². The van der Waals surface area contributed by atoms with Crippen LogP contribution in [0.4, 0.5) is 5.69 Å². The maximum absolute atomic E-state index is 11.7. The van der Waals surface area contributed by atoms with Crippen molar-refractivity contribution in [3.8, 4) is 16.9 Å². The molecule has 1 atom stereocenters. The number of carboxylic acids is 1. The number of furan rings is 1. The van der Waals surface area contributed by atoms with Gasteiger partial charge in [0.2, 0.25) is 0 Å². The van der Waals surface area contributed by atoms with Crippen molar-refractivity contribution in [2.75, 3.05) is 0 Å². The molecule has 1 heterocycles. The summed E-state index contributed by atoms with van der Waals surface area (Å²) in [4.78, 5) is 22.3. The Morgan fingerprint density at radius 3 is 2.34 bits per heavy atom. The van der Waals surface area contributed by atoms with Gasteiger partial charge in [-0.15, -0.1) is 0 Å². The van der Waals surface area contributed by atoms with Crippen LogP contribution in [-0.2, 0) is 11.2 Å². The summed E-state index contributed by atoms with van der Waals surface area (Å²) in [7, 11) is 0. The predicted molar refractivity (Wildman–Crippen MR) is 120 cm³/mol. The number of carbonyl (C=O) groups is 1. The van der Waals surface area contributed by atoms with Crippen LogP contribution in [0.1, 0.15) is 12.0 Å². The quantitative estimate of drug-likeness (QED) is 0.255. The molecular weight excluding hydrogens is 434 g/mol. The van der Waals surface area contributed by atoms with Crippen molar-refractivity contribution in [2.24, 2.45) is 0 Å². The van der Waals surface area contributed by atoms with E-state index in [1.54, 1.807) is 0 Å². The summed E-state index contributed by atoms with van der Waals surface area (Å²) in [5.74, 6) is -0.878. The van der Waals surface area contributed by atoms with E-state index in [0.29, 0.717) is 17.0 Å². The fourth-order valence-corrected chi connectivity index (χ4v) is 3.54. The van der Waals surface area contributed by atoms with Crippen LogP contribution in [0.3, 0.4) is 0 Å². The highest BCUT2D eigenvalue weighted by molar-refractivity contribution is 6.30. The second-order valence-corrected chi connectivity index (χ2v) is 7.66. The van der Waals surface area contributed by atoms with E-state index in [1.807, 2.05) is 48.5 Å². The predicted octanol–water partition coefficient (Wildman–Crippen LogP) is 6.13. The number of aliphatic carboxylic acids is 1. The lowest BCUT2D eigenvalue weighted by Crippen LogP contribution is -2.27. The molecule has 0 fully saturated rings. The summed E-state index contributed by atoms with van der Waals surface area (Å²) in [5, 5.41) is 21.6. The number of hydrogen-bond acceptors (Lipinski definition) is 5. The fraction of sp³-hybridized carbons (Fsp3) is 0.125. The third-order valence-electron chi connectivity index (χ3n) is 5.10. The van der Waals surface area contributed by atoms with Gasteiger partial charge in [-0.1, -0.05) is 48.0 Å². The van der Waals surface area contributed by atoms with Crippen molar-refractivity contribution in [2.45, 2.75) is 18.9 Å². The van der Waals surface area contributed by atoms with Crippen LogP contribution in [0.2, 0.25) is 5.02 Å². The van der Waals surface area contributed by atoms with Gasteiger partial charge in [-0.2, -0.15) is 0 Å². The molecule has 0 radical (unpaired) electrons. The molecular formula is C24H18ClNO6. The van der Waals surface area contributed by atoms with Gasteiger partial charge in [-0.25, -0.2) is 4.79 Å². The SMILES string of the molecule is O=C(O)C(CCc1ccc(-c2ccc(Cl)cc2)cc1)Oc1ccc2occ([N+](=O)[O-])c2c1. The van der Waals surface area contributed by atoms with Gasteiger partial charge >= 0.3 is 11.7 Å². The molecule has 0 bridgehead atoms. The average molecular weight is 452 g/mol. The standard InChI is InChI=1S/C24H18ClNO6/c25-18-8-6-17(7-9-18)16-4-1-15(2-5-16)3-11-23(24(27)28)32-19-10-12-22-20(13-19)21(14-31-22)26(29)30/h1-2,4-10,12-14,23H,3,11H2,(H,27,28). The number of hydrogen-bond donors (Lipinski definition) is 1. The first-order valence-electron chi connectivity index (χ1n) is 9.81. The van der Waals surface area contributed by atoms with Crippen molar-refractivity contribution >= 4 is 34.2 Å². The van der Waals surface area contributed by atoms with Gasteiger partial charge in [0.1, 0.15) is 16.7 Å². The van der Waals surface area contributed by atoms with E-state index in [2.05, 4.69) is 0 Å². The lowest BCUT2D eigenvalue weighted by Gasteiger charge is -2.15. The van der Waals surface area contributed by atoms with Crippen LogP contribution >= 0.6 is 11.6 Å². The Kier molecular flexibility index (Phi) is 6.09. The Hall–Kier alpha value is -3.84. The van der Waals surface area contributed by atoms with E-state index in [4.69, 9.17) is 20.8 Å². The van der Waals surface area contributed by atoms with Crippen LogP contribution in [-0.4, -0.2) is 22.1 Å². The van der Waals surface area contributed by atoms with E-state index in [1.165, 1.54) is 18.2 Å². The van der Waals surface area contributed by atoms with Crippen molar-refractivity contribution in [1.29, 1.82) is 0 Å². The zero-order valence-corrected chi connectivity index (χ0v) is 17.5. The third kappa shape index (κ3) is 4.73. The monoisotopic (exact) mass is 451 g/mol. The van der Waals surface area contributed by atoms with Gasteiger partial charge in [0, 0.05) is 5.02 Å². The molecule has 0 spiro atoms. The summed E-state index contributed by atoms with van der Waals surface area (Å²) in [6.45, 7) is 0. The molecule has 1 unspecified atom stereocenters. The molecule has 4 rings (SSSR count). The van der Waals surface area contributed by atoms with Crippen molar-refractivity contribution in [3.63, 3.8) is 0 Å². The van der Waals surface area contributed by atoms with Crippen LogP contribution in [0.5, 0.6) is 5.75 Å². The topological polar surface area (TPSA) is 103 Å².